The molecule has 148 valence electrons. The van der Waals surface area contributed by atoms with Gasteiger partial charge in [-0.05, 0) is 42.9 Å². The molecule has 3 heteroatoms. The third kappa shape index (κ3) is 5.47. The van der Waals surface area contributed by atoms with Crippen molar-refractivity contribution in [1.29, 1.82) is 0 Å². The maximum atomic E-state index is 5.02. The summed E-state index contributed by atoms with van der Waals surface area (Å²) >= 11 is 0. The highest BCUT2D eigenvalue weighted by atomic mass is 14.8. The van der Waals surface area contributed by atoms with E-state index in [-0.39, 0.29) is 0 Å². The molecular formula is C26H29N3. The van der Waals surface area contributed by atoms with Crippen LogP contribution in [0, 0.1) is 5.92 Å². The first-order valence-corrected chi connectivity index (χ1v) is 10.2. The Bertz CT molecular complexity index is 971. The van der Waals surface area contributed by atoms with Gasteiger partial charge in [0.25, 0.3) is 0 Å². The van der Waals surface area contributed by atoms with Gasteiger partial charge in [-0.3, -0.25) is 4.99 Å². The number of aromatic nitrogens is 2. The lowest BCUT2D eigenvalue weighted by molar-refractivity contribution is 0.560. The Hall–Kier alpha value is -3.07. The van der Waals surface area contributed by atoms with Gasteiger partial charge in [0.1, 0.15) is 6.33 Å². The fourth-order valence-electron chi connectivity index (χ4n) is 3.25. The maximum absolute atomic E-state index is 5.02. The molecule has 0 bridgehead atoms. The molecule has 0 N–H and O–H groups in total. The summed E-state index contributed by atoms with van der Waals surface area (Å²) in [5, 5.41) is 0. The lowest BCUT2D eigenvalue weighted by atomic mass is 9.96. The molecule has 0 saturated heterocycles. The molecule has 2 aromatic carbocycles. The predicted octanol–water partition coefficient (Wildman–Crippen LogP) is 6.46. The van der Waals surface area contributed by atoms with E-state index in [0.717, 1.165) is 34.5 Å². The summed E-state index contributed by atoms with van der Waals surface area (Å²) in [6.45, 7) is 8.69. The standard InChI is InChI=1S/C26H29N3/c1-5-19(2)15-22-11-13-24(14-12-22)26(20(3)23-9-7-6-8-10-23)29-21(4)25-16-27-18-28-17-25/h6-14,16-19H,5,15H2,1-4H3/b26-20+,29-21?/t19-/m1/s1. The number of nitrogens with zero attached hydrogens (tertiary/aromatic N) is 3. The van der Waals surface area contributed by atoms with Gasteiger partial charge < -0.3 is 0 Å². The Labute approximate surface area is 174 Å². The summed E-state index contributed by atoms with van der Waals surface area (Å²) in [4.78, 5) is 13.3. The summed E-state index contributed by atoms with van der Waals surface area (Å²) in [6.07, 6.45) is 7.45. The van der Waals surface area contributed by atoms with Gasteiger partial charge >= 0.3 is 0 Å². The largest absolute Gasteiger partial charge is 0.252 e. The highest BCUT2D eigenvalue weighted by Crippen LogP contribution is 2.28. The average molecular weight is 384 g/mol. The van der Waals surface area contributed by atoms with Crippen molar-refractivity contribution in [2.75, 3.05) is 0 Å². The van der Waals surface area contributed by atoms with Crippen molar-refractivity contribution < 1.29 is 0 Å². The minimum atomic E-state index is 0.695. The Morgan fingerprint density at radius 1 is 0.862 bits per heavy atom. The lowest BCUT2D eigenvalue weighted by Crippen LogP contribution is -2.00. The van der Waals surface area contributed by atoms with Gasteiger partial charge in [-0.1, -0.05) is 74.9 Å². The SMILES string of the molecule is CC[C@@H](C)Cc1ccc(/C(N=C(C)c2cncnc2)=C(/C)c2ccccc2)cc1. The van der Waals surface area contributed by atoms with Gasteiger partial charge in [0, 0.05) is 29.2 Å². The zero-order chi connectivity index (χ0) is 20.6. The fourth-order valence-corrected chi connectivity index (χ4v) is 3.25. The highest BCUT2D eigenvalue weighted by Gasteiger charge is 2.10. The van der Waals surface area contributed by atoms with Gasteiger partial charge in [0.05, 0.1) is 5.70 Å². The molecule has 3 aromatic rings. The summed E-state index contributed by atoms with van der Waals surface area (Å²) < 4.78 is 0. The second kappa shape index (κ2) is 9.92. The number of hydrogen-bond donors (Lipinski definition) is 0. The monoisotopic (exact) mass is 383 g/mol. The molecule has 29 heavy (non-hydrogen) atoms. The van der Waals surface area contributed by atoms with E-state index in [1.165, 1.54) is 17.5 Å². The Morgan fingerprint density at radius 3 is 2.14 bits per heavy atom. The molecule has 3 nitrogen and oxygen atoms in total. The first-order valence-electron chi connectivity index (χ1n) is 10.2. The first kappa shape index (κ1) is 20.7. The van der Waals surface area contributed by atoms with E-state index in [9.17, 15) is 0 Å². The summed E-state index contributed by atoms with van der Waals surface area (Å²) in [6, 6.07) is 19.3. The van der Waals surface area contributed by atoms with E-state index in [4.69, 9.17) is 4.99 Å². The number of hydrogen-bond acceptors (Lipinski definition) is 3. The third-order valence-corrected chi connectivity index (χ3v) is 5.33. The molecular weight excluding hydrogens is 354 g/mol. The predicted molar refractivity (Wildman–Crippen MR) is 123 cm³/mol. The second-order valence-corrected chi connectivity index (χ2v) is 7.58. The molecule has 0 saturated carbocycles. The van der Waals surface area contributed by atoms with Crippen LogP contribution in [-0.2, 0) is 6.42 Å². The van der Waals surface area contributed by atoms with Crippen molar-refractivity contribution in [3.8, 4) is 0 Å². The van der Waals surface area contributed by atoms with Crippen molar-refractivity contribution >= 4 is 17.0 Å². The first-order chi connectivity index (χ1) is 14.1. The molecule has 0 aliphatic rings. The van der Waals surface area contributed by atoms with Crippen LogP contribution in [0.5, 0.6) is 0 Å². The normalized spacial score (nSPS) is 13.7. The topological polar surface area (TPSA) is 38.1 Å². The van der Waals surface area contributed by atoms with Crippen molar-refractivity contribution in [2.24, 2.45) is 10.9 Å². The molecule has 1 atom stereocenters. The number of benzene rings is 2. The minimum Gasteiger partial charge on any atom is -0.252 e. The summed E-state index contributed by atoms with van der Waals surface area (Å²) in [5.41, 5.74) is 7.63. The molecule has 0 spiro atoms. The van der Waals surface area contributed by atoms with Crippen molar-refractivity contribution in [1.82, 2.24) is 9.97 Å². The lowest BCUT2D eigenvalue weighted by Gasteiger charge is -2.13. The van der Waals surface area contributed by atoms with Crippen LogP contribution >= 0.6 is 0 Å². The molecule has 1 aromatic heterocycles. The molecule has 3 rings (SSSR count). The third-order valence-electron chi connectivity index (χ3n) is 5.33. The van der Waals surface area contributed by atoms with Crippen LogP contribution in [0.4, 0.5) is 0 Å². The molecule has 0 aliphatic carbocycles. The number of allylic oxidation sites excluding steroid dienone is 1. The van der Waals surface area contributed by atoms with Crippen LogP contribution in [0.15, 0.2) is 78.3 Å². The van der Waals surface area contributed by atoms with E-state index < -0.39 is 0 Å². The smallest absolute Gasteiger partial charge is 0.115 e. The van der Waals surface area contributed by atoms with Crippen LogP contribution in [-0.4, -0.2) is 15.7 Å². The zero-order valence-corrected chi connectivity index (χ0v) is 17.8. The Kier molecular flexibility index (Phi) is 7.07. The highest BCUT2D eigenvalue weighted by molar-refractivity contribution is 6.04. The van der Waals surface area contributed by atoms with Crippen molar-refractivity contribution in [2.45, 2.75) is 40.5 Å². The minimum absolute atomic E-state index is 0.695. The van der Waals surface area contributed by atoms with Crippen LogP contribution in [0.25, 0.3) is 11.3 Å². The van der Waals surface area contributed by atoms with Crippen molar-refractivity contribution in [3.05, 3.63) is 95.6 Å². The average Bonchev–Trinajstić information content (AvgIpc) is 2.78. The van der Waals surface area contributed by atoms with Crippen LogP contribution in [0.2, 0.25) is 0 Å². The van der Waals surface area contributed by atoms with Gasteiger partial charge in [0.15, 0.2) is 0 Å². The Morgan fingerprint density at radius 2 is 1.52 bits per heavy atom. The van der Waals surface area contributed by atoms with Gasteiger partial charge in [-0.15, -0.1) is 0 Å². The summed E-state index contributed by atoms with van der Waals surface area (Å²) in [5.74, 6) is 0.695. The van der Waals surface area contributed by atoms with Gasteiger partial charge in [0.2, 0.25) is 0 Å². The van der Waals surface area contributed by atoms with Crippen LogP contribution < -0.4 is 0 Å². The van der Waals surface area contributed by atoms with Crippen LogP contribution in [0.1, 0.15) is 56.4 Å². The maximum Gasteiger partial charge on any atom is 0.115 e. The molecule has 0 amide bonds. The number of rotatable bonds is 7. The molecule has 0 unspecified atom stereocenters. The van der Waals surface area contributed by atoms with E-state index in [1.807, 2.05) is 13.0 Å². The molecule has 0 aliphatic heterocycles. The number of aliphatic imine (C=N–C) groups is 1. The van der Waals surface area contributed by atoms with Gasteiger partial charge in [-0.25, -0.2) is 9.97 Å². The Balaban J connectivity index is 2.04. The van der Waals surface area contributed by atoms with E-state index >= 15 is 0 Å². The van der Waals surface area contributed by atoms with E-state index in [0.29, 0.717) is 5.92 Å². The second-order valence-electron chi connectivity index (χ2n) is 7.58. The molecule has 1 heterocycles. The zero-order valence-electron chi connectivity index (χ0n) is 17.8. The van der Waals surface area contributed by atoms with Crippen LogP contribution in [0.3, 0.4) is 0 Å². The summed E-state index contributed by atoms with van der Waals surface area (Å²) in [7, 11) is 0. The van der Waals surface area contributed by atoms with E-state index in [1.54, 1.807) is 18.7 Å². The molecule has 0 radical (unpaired) electrons. The van der Waals surface area contributed by atoms with Crippen molar-refractivity contribution in [3.63, 3.8) is 0 Å². The van der Waals surface area contributed by atoms with Gasteiger partial charge in [-0.2, -0.15) is 0 Å². The molecule has 0 fully saturated rings. The van der Waals surface area contributed by atoms with E-state index in [2.05, 4.69) is 79.3 Å². The fraction of sp³-hybridized carbons (Fsp3) is 0.269. The quantitative estimate of drug-likeness (QED) is 0.347.